The van der Waals surface area contributed by atoms with Gasteiger partial charge in [-0.3, -0.25) is 4.98 Å². The van der Waals surface area contributed by atoms with E-state index >= 15 is 0 Å². The third kappa shape index (κ3) is 2.61. The third-order valence-electron chi connectivity index (χ3n) is 4.40. The van der Waals surface area contributed by atoms with Crippen LogP contribution in [0.3, 0.4) is 0 Å². The van der Waals surface area contributed by atoms with Gasteiger partial charge in [-0.25, -0.2) is 13.1 Å². The summed E-state index contributed by atoms with van der Waals surface area (Å²) >= 11 is 0. The van der Waals surface area contributed by atoms with Gasteiger partial charge in [0.25, 0.3) is 0 Å². The number of benzene rings is 1. The number of sulfonamides is 1. The molecule has 0 bridgehead atoms. The minimum atomic E-state index is -3.57. The number of anilines is 1. The minimum absolute atomic E-state index is 0.157. The number of hydrogen-bond donors (Lipinski definition) is 2. The van der Waals surface area contributed by atoms with E-state index in [0.717, 1.165) is 19.3 Å². The zero-order valence-corrected chi connectivity index (χ0v) is 12.8. The van der Waals surface area contributed by atoms with Gasteiger partial charge >= 0.3 is 0 Å². The van der Waals surface area contributed by atoms with Crippen molar-refractivity contribution in [2.24, 2.45) is 5.41 Å². The standard InChI is InChI=1S/C15H19N3O2S/c1-2-15(7-8-15)10-18-21(19,20)13-6-5-12(16)11-4-3-9-17-14(11)13/h3-6,9,18H,2,7-8,10,16H2,1H3. The zero-order chi connectivity index (χ0) is 15.1. The number of nitrogens with one attached hydrogen (secondary N) is 1. The fourth-order valence-electron chi connectivity index (χ4n) is 2.54. The Hall–Kier alpha value is -1.66. The van der Waals surface area contributed by atoms with Crippen LogP contribution in [0.15, 0.2) is 35.4 Å². The quantitative estimate of drug-likeness (QED) is 0.830. The van der Waals surface area contributed by atoms with Gasteiger partial charge in [-0.2, -0.15) is 0 Å². The summed E-state index contributed by atoms with van der Waals surface area (Å²) < 4.78 is 27.8. The van der Waals surface area contributed by atoms with Gasteiger partial charge in [0.05, 0.1) is 5.52 Å². The first-order valence-corrected chi connectivity index (χ1v) is 8.59. The van der Waals surface area contributed by atoms with Crippen LogP contribution in [0.25, 0.3) is 10.9 Å². The lowest BCUT2D eigenvalue weighted by Gasteiger charge is -2.15. The Labute approximate surface area is 124 Å². The lowest BCUT2D eigenvalue weighted by Crippen LogP contribution is -2.30. The lowest BCUT2D eigenvalue weighted by atomic mass is 10.1. The summed E-state index contributed by atoms with van der Waals surface area (Å²) in [4.78, 5) is 4.38. The van der Waals surface area contributed by atoms with E-state index in [0.29, 0.717) is 23.1 Å². The lowest BCUT2D eigenvalue weighted by molar-refractivity contribution is 0.476. The second-order valence-electron chi connectivity index (χ2n) is 5.73. The molecule has 1 aliphatic rings. The summed E-state index contributed by atoms with van der Waals surface area (Å²) in [7, 11) is -3.57. The molecule has 0 aliphatic heterocycles. The Morgan fingerprint density at radius 1 is 1.33 bits per heavy atom. The van der Waals surface area contributed by atoms with Crippen molar-refractivity contribution in [1.82, 2.24) is 9.71 Å². The fourth-order valence-corrected chi connectivity index (χ4v) is 3.86. The maximum atomic E-state index is 12.6. The van der Waals surface area contributed by atoms with Crippen molar-refractivity contribution in [1.29, 1.82) is 0 Å². The molecule has 1 aromatic heterocycles. The molecular formula is C15H19N3O2S. The monoisotopic (exact) mass is 305 g/mol. The van der Waals surface area contributed by atoms with Gasteiger partial charge in [0.15, 0.2) is 0 Å². The molecular weight excluding hydrogens is 286 g/mol. The van der Waals surface area contributed by atoms with Gasteiger partial charge in [0, 0.05) is 23.8 Å². The topological polar surface area (TPSA) is 85.1 Å². The number of hydrogen-bond acceptors (Lipinski definition) is 4. The van der Waals surface area contributed by atoms with Gasteiger partial charge in [-0.15, -0.1) is 0 Å². The molecule has 1 aliphatic carbocycles. The Balaban J connectivity index is 1.97. The Morgan fingerprint density at radius 3 is 2.76 bits per heavy atom. The molecule has 5 nitrogen and oxygen atoms in total. The summed E-state index contributed by atoms with van der Waals surface area (Å²) in [5.74, 6) is 0. The normalized spacial score (nSPS) is 17.0. The van der Waals surface area contributed by atoms with Crippen molar-refractivity contribution < 1.29 is 8.42 Å². The van der Waals surface area contributed by atoms with Gasteiger partial charge in [-0.1, -0.05) is 6.92 Å². The van der Waals surface area contributed by atoms with Crippen LogP contribution in [0, 0.1) is 5.41 Å². The van der Waals surface area contributed by atoms with E-state index in [4.69, 9.17) is 5.73 Å². The highest BCUT2D eigenvalue weighted by molar-refractivity contribution is 7.89. The average Bonchev–Trinajstić information content (AvgIpc) is 3.26. The summed E-state index contributed by atoms with van der Waals surface area (Å²) in [6.45, 7) is 2.59. The van der Waals surface area contributed by atoms with Gasteiger partial charge in [-0.05, 0) is 48.9 Å². The molecule has 3 N–H and O–H groups in total. The molecule has 112 valence electrons. The number of nitrogen functional groups attached to an aromatic ring is 1. The van der Waals surface area contributed by atoms with Crippen LogP contribution in [0.2, 0.25) is 0 Å². The van der Waals surface area contributed by atoms with E-state index in [9.17, 15) is 8.42 Å². The largest absolute Gasteiger partial charge is 0.398 e. The Kier molecular flexibility index (Phi) is 3.37. The van der Waals surface area contributed by atoms with Crippen molar-refractivity contribution >= 4 is 26.6 Å². The molecule has 21 heavy (non-hydrogen) atoms. The van der Waals surface area contributed by atoms with Crippen molar-refractivity contribution in [3.63, 3.8) is 0 Å². The second-order valence-corrected chi connectivity index (χ2v) is 7.47. The fraction of sp³-hybridized carbons (Fsp3) is 0.400. The number of rotatable bonds is 5. The SMILES string of the molecule is CCC1(CNS(=O)(=O)c2ccc(N)c3cccnc23)CC1. The van der Waals surface area contributed by atoms with Gasteiger partial charge in [0.2, 0.25) is 10.0 Å². The summed E-state index contributed by atoms with van der Waals surface area (Å²) in [5.41, 5.74) is 7.00. The van der Waals surface area contributed by atoms with Gasteiger partial charge in [0.1, 0.15) is 4.90 Å². The molecule has 0 radical (unpaired) electrons. The first kappa shape index (κ1) is 14.3. The molecule has 3 rings (SSSR count). The van der Waals surface area contributed by atoms with Gasteiger partial charge < -0.3 is 5.73 Å². The number of aromatic nitrogens is 1. The third-order valence-corrected chi connectivity index (χ3v) is 5.83. The highest BCUT2D eigenvalue weighted by Crippen LogP contribution is 2.48. The van der Waals surface area contributed by atoms with Crippen molar-refractivity contribution in [2.45, 2.75) is 31.1 Å². The number of nitrogens with two attached hydrogens (primary N) is 1. The first-order valence-electron chi connectivity index (χ1n) is 7.10. The van der Waals surface area contributed by atoms with Crippen LogP contribution in [0.5, 0.6) is 0 Å². The first-order chi connectivity index (χ1) is 9.97. The molecule has 1 fully saturated rings. The predicted molar refractivity (Wildman–Crippen MR) is 83.3 cm³/mol. The highest BCUT2D eigenvalue weighted by atomic mass is 32.2. The molecule has 0 atom stereocenters. The van der Waals surface area contributed by atoms with Crippen LogP contribution in [-0.2, 0) is 10.0 Å². The van der Waals surface area contributed by atoms with Crippen LogP contribution in [0.1, 0.15) is 26.2 Å². The number of nitrogens with zero attached hydrogens (tertiary/aromatic N) is 1. The number of pyridine rings is 1. The Morgan fingerprint density at radius 2 is 2.10 bits per heavy atom. The van der Waals surface area contributed by atoms with Crippen LogP contribution < -0.4 is 10.5 Å². The van der Waals surface area contributed by atoms with Crippen molar-refractivity contribution in [3.05, 3.63) is 30.5 Å². The molecule has 1 saturated carbocycles. The average molecular weight is 305 g/mol. The minimum Gasteiger partial charge on any atom is -0.398 e. The van der Waals surface area contributed by atoms with E-state index in [-0.39, 0.29) is 10.3 Å². The van der Waals surface area contributed by atoms with Crippen LogP contribution in [-0.4, -0.2) is 19.9 Å². The molecule has 2 aromatic rings. The maximum absolute atomic E-state index is 12.6. The second kappa shape index (κ2) is 4.96. The van der Waals surface area contributed by atoms with Crippen molar-refractivity contribution in [2.75, 3.05) is 12.3 Å². The zero-order valence-electron chi connectivity index (χ0n) is 12.0. The van der Waals surface area contributed by atoms with Crippen LogP contribution in [0.4, 0.5) is 5.69 Å². The Bertz CT molecular complexity index is 783. The number of fused-ring (bicyclic) bond motifs is 1. The van der Waals surface area contributed by atoms with E-state index < -0.39 is 10.0 Å². The van der Waals surface area contributed by atoms with Crippen molar-refractivity contribution in [3.8, 4) is 0 Å². The smallest absolute Gasteiger partial charge is 0.242 e. The molecule has 1 aromatic carbocycles. The molecule has 0 spiro atoms. The van der Waals surface area contributed by atoms with E-state index in [2.05, 4.69) is 16.6 Å². The predicted octanol–water partition coefficient (Wildman–Crippen LogP) is 2.29. The van der Waals surface area contributed by atoms with E-state index in [1.54, 1.807) is 24.4 Å². The summed E-state index contributed by atoms with van der Waals surface area (Å²) in [5, 5.41) is 0.664. The molecule has 0 amide bonds. The maximum Gasteiger partial charge on any atom is 0.242 e. The summed E-state index contributed by atoms with van der Waals surface area (Å²) in [6.07, 6.45) is 4.75. The highest BCUT2D eigenvalue weighted by Gasteiger charge is 2.41. The molecule has 1 heterocycles. The molecule has 0 saturated heterocycles. The summed E-state index contributed by atoms with van der Waals surface area (Å²) in [6, 6.07) is 6.67. The molecule has 6 heteroatoms. The van der Waals surface area contributed by atoms with E-state index in [1.165, 1.54) is 6.07 Å². The van der Waals surface area contributed by atoms with E-state index in [1.807, 2.05) is 0 Å². The molecule has 0 unspecified atom stereocenters. The van der Waals surface area contributed by atoms with Crippen LogP contribution >= 0.6 is 0 Å².